The van der Waals surface area contributed by atoms with Crippen LogP contribution in [0.1, 0.15) is 233 Å². The molecule has 0 saturated carbocycles. The summed E-state index contributed by atoms with van der Waals surface area (Å²) in [4.78, 5) is 50.4. The number of amides is 1. The van der Waals surface area contributed by atoms with Crippen molar-refractivity contribution >= 4 is 23.8 Å². The molecule has 10 nitrogen and oxygen atoms in total. The molecule has 0 spiro atoms. The van der Waals surface area contributed by atoms with Crippen molar-refractivity contribution in [2.75, 3.05) is 7.05 Å². The number of carbonyl (C=O) groups is 4. The standard InChI is InChI=1S/C46H86N2O8/c1-5-8-11-14-17-19-20-22-25-27-30-33-43(50)48-41(42(49)36-35-40(47-4)46(53)54)38-55-45(52)37-39(32-29-26-24-21-18-15-12-9-6-2)56-44(51)34-31-28-23-16-13-10-7-3/h38-40,42,47,49H,5-37H2,1-4H3,(H,48,50)(H,53,54)/b41-38-. The van der Waals surface area contributed by atoms with Crippen LogP contribution in [0, 0.1) is 0 Å². The van der Waals surface area contributed by atoms with E-state index in [2.05, 4.69) is 31.4 Å². The zero-order valence-electron chi connectivity index (χ0n) is 36.5. The number of likely N-dealkylation sites (N-methyl/N-ethyl adjacent to an activating group) is 1. The number of hydrogen-bond acceptors (Lipinski definition) is 8. The molecule has 4 N–H and O–H groups in total. The predicted octanol–water partition coefficient (Wildman–Crippen LogP) is 11.4. The molecule has 0 aromatic heterocycles. The highest BCUT2D eigenvalue weighted by Crippen LogP contribution is 2.18. The number of esters is 2. The fourth-order valence-corrected chi connectivity index (χ4v) is 6.96. The molecular weight excluding hydrogens is 709 g/mol. The highest BCUT2D eigenvalue weighted by Gasteiger charge is 2.23. The predicted molar refractivity (Wildman–Crippen MR) is 228 cm³/mol. The third kappa shape index (κ3) is 33.7. The molecule has 0 aromatic carbocycles. The summed E-state index contributed by atoms with van der Waals surface area (Å²) in [5.74, 6) is -2.27. The van der Waals surface area contributed by atoms with Crippen LogP contribution in [0.2, 0.25) is 0 Å². The van der Waals surface area contributed by atoms with Crippen molar-refractivity contribution in [1.82, 2.24) is 10.6 Å². The molecule has 3 unspecified atom stereocenters. The Hall–Kier alpha value is -2.46. The molecule has 10 heteroatoms. The van der Waals surface area contributed by atoms with Crippen molar-refractivity contribution in [3.8, 4) is 0 Å². The second-order valence-electron chi connectivity index (χ2n) is 16.0. The van der Waals surface area contributed by atoms with E-state index in [9.17, 15) is 29.4 Å². The average molecular weight is 795 g/mol. The van der Waals surface area contributed by atoms with E-state index in [1.54, 1.807) is 0 Å². The Labute approximate surface area is 342 Å². The lowest BCUT2D eigenvalue weighted by Gasteiger charge is -2.19. The van der Waals surface area contributed by atoms with Gasteiger partial charge >= 0.3 is 17.9 Å². The van der Waals surface area contributed by atoms with Gasteiger partial charge in [-0.3, -0.25) is 19.2 Å². The lowest BCUT2D eigenvalue weighted by atomic mass is 10.0. The molecule has 0 rings (SSSR count). The topological polar surface area (TPSA) is 151 Å². The minimum atomic E-state index is -1.25. The van der Waals surface area contributed by atoms with Gasteiger partial charge in [0, 0.05) is 12.8 Å². The molecule has 0 aliphatic heterocycles. The fourth-order valence-electron chi connectivity index (χ4n) is 6.96. The summed E-state index contributed by atoms with van der Waals surface area (Å²) in [6, 6.07) is -0.877. The lowest BCUT2D eigenvalue weighted by Crippen LogP contribution is -2.36. The molecule has 0 bridgehead atoms. The van der Waals surface area contributed by atoms with E-state index >= 15 is 0 Å². The summed E-state index contributed by atoms with van der Waals surface area (Å²) in [6.45, 7) is 6.64. The van der Waals surface area contributed by atoms with Gasteiger partial charge in [0.05, 0.1) is 18.2 Å². The molecule has 56 heavy (non-hydrogen) atoms. The lowest BCUT2D eigenvalue weighted by molar-refractivity contribution is -0.153. The van der Waals surface area contributed by atoms with Crippen LogP contribution >= 0.6 is 0 Å². The monoisotopic (exact) mass is 795 g/mol. The van der Waals surface area contributed by atoms with E-state index in [0.29, 0.717) is 19.3 Å². The highest BCUT2D eigenvalue weighted by molar-refractivity contribution is 5.78. The zero-order valence-corrected chi connectivity index (χ0v) is 36.5. The van der Waals surface area contributed by atoms with Crippen molar-refractivity contribution in [1.29, 1.82) is 0 Å². The van der Waals surface area contributed by atoms with Crippen LogP contribution in [0.15, 0.2) is 12.0 Å². The number of aliphatic hydroxyl groups is 1. The molecule has 0 radical (unpaired) electrons. The largest absolute Gasteiger partial charge is 0.480 e. The summed E-state index contributed by atoms with van der Waals surface area (Å²) in [6.07, 6.45) is 31.2. The van der Waals surface area contributed by atoms with E-state index in [1.165, 1.54) is 116 Å². The number of carbonyl (C=O) groups excluding carboxylic acids is 3. The Morgan fingerprint density at radius 2 is 0.982 bits per heavy atom. The number of hydrogen-bond donors (Lipinski definition) is 4. The van der Waals surface area contributed by atoms with Crippen LogP contribution in [0.5, 0.6) is 0 Å². The van der Waals surface area contributed by atoms with Gasteiger partial charge in [0.15, 0.2) is 0 Å². The van der Waals surface area contributed by atoms with Crippen molar-refractivity contribution in [3.05, 3.63) is 12.0 Å². The summed E-state index contributed by atoms with van der Waals surface area (Å²) in [5, 5.41) is 25.9. The summed E-state index contributed by atoms with van der Waals surface area (Å²) < 4.78 is 11.3. The number of aliphatic hydroxyl groups excluding tert-OH is 1. The third-order valence-electron chi connectivity index (χ3n) is 10.6. The van der Waals surface area contributed by atoms with Gasteiger partial charge in [0.25, 0.3) is 0 Å². The smallest absolute Gasteiger partial charge is 0.320 e. The summed E-state index contributed by atoms with van der Waals surface area (Å²) in [7, 11) is 1.53. The molecule has 0 saturated heterocycles. The van der Waals surface area contributed by atoms with Gasteiger partial charge in [-0.25, -0.2) is 0 Å². The number of carboxylic acid groups (broad SMARTS) is 1. The van der Waals surface area contributed by atoms with Crippen molar-refractivity contribution in [3.63, 3.8) is 0 Å². The number of carboxylic acids is 1. The van der Waals surface area contributed by atoms with Crippen LogP contribution in [-0.2, 0) is 28.7 Å². The van der Waals surface area contributed by atoms with E-state index in [-0.39, 0.29) is 43.3 Å². The molecule has 1 amide bonds. The maximum absolute atomic E-state index is 13.1. The van der Waals surface area contributed by atoms with Gasteiger partial charge in [-0.1, -0.05) is 175 Å². The number of unbranched alkanes of at least 4 members (excludes halogenated alkanes) is 24. The number of ether oxygens (including phenoxy) is 2. The molecule has 0 aromatic rings. The van der Waals surface area contributed by atoms with Crippen LogP contribution in [0.3, 0.4) is 0 Å². The SMILES string of the molecule is CCCCCCCCCCCCCC(=O)N/C(=C\OC(=O)CC(CCCCCCCCCCC)OC(=O)CCCCCCCCC)C(O)CCC(NC)C(=O)O. The molecular formula is C46H86N2O8. The molecule has 3 atom stereocenters. The minimum Gasteiger partial charge on any atom is -0.480 e. The Morgan fingerprint density at radius 1 is 0.554 bits per heavy atom. The number of aliphatic carboxylic acids is 1. The van der Waals surface area contributed by atoms with Gasteiger partial charge < -0.3 is 30.3 Å². The molecule has 0 aliphatic carbocycles. The Bertz CT molecular complexity index is 1000. The minimum absolute atomic E-state index is 0.0121. The normalized spacial score (nSPS) is 13.3. The second-order valence-corrected chi connectivity index (χ2v) is 16.0. The maximum Gasteiger partial charge on any atom is 0.320 e. The first-order valence-corrected chi connectivity index (χ1v) is 23.1. The second kappa shape index (κ2) is 39.4. The first-order valence-electron chi connectivity index (χ1n) is 23.1. The Morgan fingerprint density at radius 3 is 1.43 bits per heavy atom. The van der Waals surface area contributed by atoms with Crippen LogP contribution in [0.4, 0.5) is 0 Å². The van der Waals surface area contributed by atoms with Gasteiger partial charge in [0.1, 0.15) is 18.4 Å². The highest BCUT2D eigenvalue weighted by atomic mass is 16.6. The van der Waals surface area contributed by atoms with Crippen molar-refractivity contribution < 1.29 is 38.9 Å². The molecule has 0 fully saturated rings. The summed E-state index contributed by atoms with van der Waals surface area (Å²) in [5.41, 5.74) is 0.0121. The third-order valence-corrected chi connectivity index (χ3v) is 10.6. The van der Waals surface area contributed by atoms with Gasteiger partial charge in [-0.2, -0.15) is 0 Å². The zero-order chi connectivity index (χ0) is 41.5. The van der Waals surface area contributed by atoms with Gasteiger partial charge in [-0.15, -0.1) is 0 Å². The first-order chi connectivity index (χ1) is 27.2. The van der Waals surface area contributed by atoms with E-state index in [4.69, 9.17) is 9.47 Å². The fraction of sp³-hybridized carbons (Fsp3) is 0.870. The quantitative estimate of drug-likeness (QED) is 0.0269. The van der Waals surface area contributed by atoms with E-state index < -0.39 is 30.2 Å². The maximum atomic E-state index is 13.1. The van der Waals surface area contributed by atoms with Crippen LogP contribution in [0.25, 0.3) is 0 Å². The van der Waals surface area contributed by atoms with Crippen molar-refractivity contribution in [2.24, 2.45) is 0 Å². The van der Waals surface area contributed by atoms with Crippen LogP contribution < -0.4 is 10.6 Å². The molecule has 0 heterocycles. The van der Waals surface area contributed by atoms with Crippen LogP contribution in [-0.4, -0.2) is 59.3 Å². The van der Waals surface area contributed by atoms with Gasteiger partial charge in [-0.05, 0) is 45.6 Å². The van der Waals surface area contributed by atoms with E-state index in [1.807, 2.05) is 0 Å². The summed E-state index contributed by atoms with van der Waals surface area (Å²) >= 11 is 0. The average Bonchev–Trinajstić information content (AvgIpc) is 3.17. The molecule has 328 valence electrons. The molecule has 0 aliphatic rings. The van der Waals surface area contributed by atoms with Crippen molar-refractivity contribution in [2.45, 2.75) is 251 Å². The van der Waals surface area contributed by atoms with E-state index in [0.717, 1.165) is 64.0 Å². The number of rotatable bonds is 41. The first kappa shape index (κ1) is 53.5. The van der Waals surface area contributed by atoms with Gasteiger partial charge in [0.2, 0.25) is 5.91 Å². The Kier molecular flexibility index (Phi) is 37.6. The number of nitrogens with one attached hydrogen (secondary N) is 2. The Balaban J connectivity index is 5.27.